The highest BCUT2D eigenvalue weighted by Gasteiger charge is 2.55. The van der Waals surface area contributed by atoms with Crippen LogP contribution in [0.25, 0.3) is 10.9 Å². The van der Waals surface area contributed by atoms with Crippen LogP contribution in [0.5, 0.6) is 0 Å². The van der Waals surface area contributed by atoms with Crippen molar-refractivity contribution in [3.05, 3.63) is 56.6 Å². The second-order valence-corrected chi connectivity index (χ2v) is 9.52. The van der Waals surface area contributed by atoms with Crippen molar-refractivity contribution >= 4 is 40.1 Å². The Kier molecular flexibility index (Phi) is 5.49. The molecule has 1 saturated carbocycles. The lowest BCUT2D eigenvalue weighted by Gasteiger charge is -2.25. The molecule has 3 heterocycles. The number of halogens is 1. The number of aliphatic hydroxyl groups is 1. The fourth-order valence-corrected chi connectivity index (χ4v) is 5.18. The van der Waals surface area contributed by atoms with Crippen molar-refractivity contribution < 1.29 is 15.0 Å². The van der Waals surface area contributed by atoms with Gasteiger partial charge in [0.15, 0.2) is 5.69 Å². The van der Waals surface area contributed by atoms with Gasteiger partial charge in [-0.1, -0.05) is 17.7 Å². The molecule has 3 aromatic rings. The first-order valence-electron chi connectivity index (χ1n) is 11.3. The normalized spacial score (nSPS) is 22.0. The van der Waals surface area contributed by atoms with Gasteiger partial charge in [0.1, 0.15) is 5.15 Å². The summed E-state index contributed by atoms with van der Waals surface area (Å²) in [5.74, 6) is -0.103. The van der Waals surface area contributed by atoms with Crippen molar-refractivity contribution in [2.24, 2.45) is 11.8 Å². The predicted octanol–water partition coefficient (Wildman–Crippen LogP) is 3.07. The predicted molar refractivity (Wildman–Crippen MR) is 130 cm³/mol. The number of anilines is 2. The molecule has 0 amide bonds. The molecule has 2 fully saturated rings. The molecule has 1 aromatic carbocycles. The number of rotatable bonds is 6. The highest BCUT2D eigenvalue weighted by Crippen LogP contribution is 2.46. The van der Waals surface area contributed by atoms with Gasteiger partial charge in [0.2, 0.25) is 5.95 Å². The van der Waals surface area contributed by atoms with E-state index in [1.807, 2.05) is 32.9 Å². The molecule has 0 radical (unpaired) electrons. The number of pyridine rings is 1. The molecule has 1 aliphatic heterocycles. The molecule has 2 aliphatic rings. The number of hydrogen-bond donors (Lipinski definition) is 3. The highest BCUT2D eigenvalue weighted by molar-refractivity contribution is 6.29. The van der Waals surface area contributed by atoms with Crippen LogP contribution in [0, 0.1) is 18.8 Å². The van der Waals surface area contributed by atoms with Crippen molar-refractivity contribution in [3.63, 3.8) is 0 Å². The van der Waals surface area contributed by atoms with E-state index in [4.69, 9.17) is 16.6 Å². The Morgan fingerprint density at radius 2 is 1.97 bits per heavy atom. The van der Waals surface area contributed by atoms with E-state index in [0.717, 1.165) is 11.1 Å². The van der Waals surface area contributed by atoms with Crippen LogP contribution >= 0.6 is 11.6 Å². The summed E-state index contributed by atoms with van der Waals surface area (Å²) in [5.41, 5.74) is 2.31. The summed E-state index contributed by atoms with van der Waals surface area (Å²) < 4.78 is 1.69. The number of carboxylic acids is 1. The quantitative estimate of drug-likeness (QED) is 0.457. The summed E-state index contributed by atoms with van der Waals surface area (Å²) in [4.78, 5) is 36.1. The summed E-state index contributed by atoms with van der Waals surface area (Å²) in [5, 5.41) is 23.3. The Balaban J connectivity index is 1.60. The van der Waals surface area contributed by atoms with E-state index in [-0.39, 0.29) is 40.4 Å². The van der Waals surface area contributed by atoms with Crippen molar-refractivity contribution in [1.82, 2.24) is 14.5 Å². The van der Waals surface area contributed by atoms with Crippen LogP contribution < -0.4 is 15.8 Å². The van der Waals surface area contributed by atoms with E-state index in [2.05, 4.69) is 15.2 Å². The number of fused-ring (bicyclic) bond motifs is 2. The molecule has 4 atom stereocenters. The van der Waals surface area contributed by atoms with E-state index in [1.54, 1.807) is 10.6 Å². The first-order chi connectivity index (χ1) is 16.2. The molecule has 10 heteroatoms. The first-order valence-corrected chi connectivity index (χ1v) is 11.7. The zero-order valence-corrected chi connectivity index (χ0v) is 19.9. The number of aryl methyl sites for hydroxylation is 1. The molecule has 5 rings (SSSR count). The third-order valence-corrected chi connectivity index (χ3v) is 7.07. The Bertz CT molecular complexity index is 1360. The van der Waals surface area contributed by atoms with Crippen molar-refractivity contribution in [3.8, 4) is 0 Å². The zero-order valence-electron chi connectivity index (χ0n) is 19.1. The van der Waals surface area contributed by atoms with Crippen LogP contribution in [-0.2, 0) is 6.54 Å². The van der Waals surface area contributed by atoms with Crippen LogP contribution in [0.15, 0.2) is 29.1 Å². The van der Waals surface area contributed by atoms with Gasteiger partial charge >= 0.3 is 5.97 Å². The second kappa shape index (κ2) is 8.25. The summed E-state index contributed by atoms with van der Waals surface area (Å²) >= 11 is 5.89. The van der Waals surface area contributed by atoms with Crippen LogP contribution in [0.3, 0.4) is 0 Å². The molecule has 0 bridgehead atoms. The van der Waals surface area contributed by atoms with Gasteiger partial charge in [-0.3, -0.25) is 9.36 Å². The lowest BCUT2D eigenvalue weighted by atomic mass is 10.0. The molecule has 2 aromatic heterocycles. The third kappa shape index (κ3) is 3.69. The number of aromatic carboxylic acids is 1. The largest absolute Gasteiger partial charge is 0.476 e. The van der Waals surface area contributed by atoms with Crippen LogP contribution in [-0.4, -0.2) is 49.9 Å². The number of aliphatic hydroxyl groups excluding tert-OH is 1. The van der Waals surface area contributed by atoms with E-state index in [0.29, 0.717) is 42.2 Å². The van der Waals surface area contributed by atoms with Gasteiger partial charge in [-0.05, 0) is 44.5 Å². The fraction of sp³-hybridized carbons (Fsp3) is 0.417. The topological polar surface area (TPSA) is 121 Å². The maximum Gasteiger partial charge on any atom is 0.356 e. The summed E-state index contributed by atoms with van der Waals surface area (Å²) in [6, 6.07) is 6.55. The lowest BCUT2D eigenvalue weighted by Crippen LogP contribution is -2.34. The number of aromatic nitrogens is 3. The Hall–Kier alpha value is -3.17. The number of carbonyl (C=O) groups is 1. The smallest absolute Gasteiger partial charge is 0.356 e. The SMILES string of the molecule is CCn1c(N2C[C@@H]3C(O)[C@@H]3C2)nc2c(C(C)Nc3ccc(Cl)nc3C(=O)O)cc(C)cc2c1=O. The number of piperidine rings is 1. The average molecular weight is 484 g/mol. The monoisotopic (exact) mass is 483 g/mol. The molecule has 3 N–H and O–H groups in total. The molecular weight excluding hydrogens is 458 g/mol. The van der Waals surface area contributed by atoms with Crippen molar-refractivity contribution in [1.29, 1.82) is 0 Å². The van der Waals surface area contributed by atoms with Crippen LogP contribution in [0.1, 0.15) is 41.5 Å². The fourth-order valence-electron chi connectivity index (χ4n) is 5.03. The molecular formula is C24H26ClN5O4. The number of benzene rings is 1. The number of hydrogen-bond acceptors (Lipinski definition) is 7. The highest BCUT2D eigenvalue weighted by atomic mass is 35.5. The van der Waals surface area contributed by atoms with Gasteiger partial charge < -0.3 is 20.4 Å². The Labute approximate surface area is 201 Å². The van der Waals surface area contributed by atoms with Gasteiger partial charge in [0.05, 0.1) is 28.7 Å². The number of carboxylic acid groups (broad SMARTS) is 1. The minimum atomic E-state index is -1.19. The van der Waals surface area contributed by atoms with Crippen LogP contribution in [0.2, 0.25) is 5.15 Å². The number of nitrogens with one attached hydrogen (secondary N) is 1. The van der Waals surface area contributed by atoms with Gasteiger partial charge in [-0.15, -0.1) is 0 Å². The summed E-state index contributed by atoms with van der Waals surface area (Å²) in [6.45, 7) is 7.57. The summed E-state index contributed by atoms with van der Waals surface area (Å²) in [7, 11) is 0. The van der Waals surface area contributed by atoms with Crippen LogP contribution in [0.4, 0.5) is 11.6 Å². The maximum atomic E-state index is 13.5. The van der Waals surface area contributed by atoms with Crippen molar-refractivity contribution in [2.75, 3.05) is 23.3 Å². The standard InChI is InChI=1S/C24H26ClN5O4/c1-4-30-22(32)14-8-11(2)7-13(12(3)26-17-5-6-18(25)27-20(17)23(33)34)19(14)28-24(30)29-9-15-16(10-29)21(15)31/h5-8,12,15-16,21,26,31H,4,9-10H2,1-3H3,(H,33,34)/t12?,15-,16+,21?. The van der Waals surface area contributed by atoms with Gasteiger partial charge in [0.25, 0.3) is 5.56 Å². The zero-order chi connectivity index (χ0) is 24.3. The lowest BCUT2D eigenvalue weighted by molar-refractivity contribution is 0.0691. The molecule has 34 heavy (non-hydrogen) atoms. The van der Waals surface area contributed by atoms with Crippen molar-refractivity contribution in [2.45, 2.75) is 39.5 Å². The maximum absolute atomic E-state index is 13.5. The second-order valence-electron chi connectivity index (χ2n) is 9.14. The third-order valence-electron chi connectivity index (χ3n) is 6.86. The Morgan fingerprint density at radius 1 is 1.26 bits per heavy atom. The van der Waals surface area contributed by atoms with E-state index >= 15 is 0 Å². The molecule has 0 spiro atoms. The summed E-state index contributed by atoms with van der Waals surface area (Å²) in [6.07, 6.45) is -0.252. The molecule has 1 saturated heterocycles. The first kappa shape index (κ1) is 22.6. The van der Waals surface area contributed by atoms with Gasteiger partial charge in [-0.2, -0.15) is 0 Å². The molecule has 2 unspecified atom stereocenters. The Morgan fingerprint density at radius 3 is 2.62 bits per heavy atom. The van der Waals surface area contributed by atoms with E-state index < -0.39 is 5.97 Å². The average Bonchev–Trinajstić information content (AvgIpc) is 3.19. The van der Waals surface area contributed by atoms with Gasteiger partial charge in [-0.25, -0.2) is 14.8 Å². The van der Waals surface area contributed by atoms with E-state index in [1.165, 1.54) is 6.07 Å². The molecule has 9 nitrogen and oxygen atoms in total. The van der Waals surface area contributed by atoms with Gasteiger partial charge in [0, 0.05) is 37.0 Å². The van der Waals surface area contributed by atoms with E-state index in [9.17, 15) is 19.8 Å². The molecule has 1 aliphatic carbocycles. The minimum absolute atomic E-state index is 0.0943. The molecule has 178 valence electrons. The minimum Gasteiger partial charge on any atom is -0.476 e. The number of nitrogens with zero attached hydrogens (tertiary/aromatic N) is 4.